The molecule has 9 nitrogen and oxygen atoms in total. The number of hydrogen-bond acceptors (Lipinski definition) is 7. The summed E-state index contributed by atoms with van der Waals surface area (Å²) < 4.78 is 0. The summed E-state index contributed by atoms with van der Waals surface area (Å²) in [5.74, 6) is 0.371. The van der Waals surface area contributed by atoms with E-state index in [-0.39, 0.29) is 36.2 Å². The third-order valence-corrected chi connectivity index (χ3v) is 6.62. The van der Waals surface area contributed by atoms with E-state index in [0.717, 1.165) is 19.3 Å². The molecule has 0 saturated carbocycles. The lowest BCUT2D eigenvalue weighted by Crippen LogP contribution is -2.39. The maximum Gasteiger partial charge on any atom is 0.301 e. The highest BCUT2D eigenvalue weighted by Crippen LogP contribution is 2.13. The predicted octanol–water partition coefficient (Wildman–Crippen LogP) is 3.27. The fourth-order valence-corrected chi connectivity index (χ4v) is 4.22. The Kier molecular flexibility index (Phi) is 22.8. The van der Waals surface area contributed by atoms with Gasteiger partial charge in [-0.1, -0.05) is 103 Å². The highest BCUT2D eigenvalue weighted by atomic mass is 32.1. The second kappa shape index (κ2) is 24.4. The molecule has 0 heterocycles. The Morgan fingerprint density at radius 3 is 1.74 bits per heavy atom. The second-order valence-corrected chi connectivity index (χ2v) is 10.2. The number of Topliss-reactive ketones (excluding diaryl/α,β-unsaturated/α-hetero) is 2. The van der Waals surface area contributed by atoms with Crippen LogP contribution in [0.1, 0.15) is 110 Å². The topological polar surface area (TPSA) is 147 Å². The highest BCUT2D eigenvalue weighted by molar-refractivity contribution is 7.80. The number of ketones is 2. The lowest BCUT2D eigenvalue weighted by Gasteiger charge is -2.15. The van der Waals surface area contributed by atoms with Crippen molar-refractivity contribution < 1.29 is 24.0 Å². The molecule has 39 heavy (non-hydrogen) atoms. The van der Waals surface area contributed by atoms with E-state index in [1.54, 1.807) is 0 Å². The number of thiocarbonyl (C=S) groups is 1. The Morgan fingerprint density at radius 2 is 1.26 bits per heavy atom. The molecule has 220 valence electrons. The molecular weight excluding hydrogens is 516 g/mol. The molecule has 0 spiro atoms. The molecular formula is C29H48N4O5S. The van der Waals surface area contributed by atoms with Gasteiger partial charge in [-0.25, -0.2) is 0 Å². The molecule has 0 rings (SSSR count). The van der Waals surface area contributed by atoms with Crippen molar-refractivity contribution >= 4 is 46.5 Å². The molecule has 1 atom stereocenters. The van der Waals surface area contributed by atoms with Crippen molar-refractivity contribution in [3.8, 4) is 11.8 Å². The Labute approximate surface area is 239 Å². The van der Waals surface area contributed by atoms with Crippen LogP contribution in [-0.4, -0.2) is 53.9 Å². The van der Waals surface area contributed by atoms with Crippen LogP contribution in [0.5, 0.6) is 0 Å². The minimum Gasteiger partial charge on any atom is -0.356 e. The minimum absolute atomic E-state index is 0.127. The smallest absolute Gasteiger partial charge is 0.301 e. The van der Waals surface area contributed by atoms with E-state index < -0.39 is 23.5 Å². The van der Waals surface area contributed by atoms with Gasteiger partial charge in [-0.3, -0.25) is 24.0 Å². The molecule has 1 unspecified atom stereocenters. The first-order chi connectivity index (χ1) is 18.7. The van der Waals surface area contributed by atoms with Crippen LogP contribution in [0.4, 0.5) is 0 Å². The number of nitrogens with one attached hydrogen (secondary N) is 3. The number of nitrogens with two attached hydrogens (primary N) is 1. The average Bonchev–Trinajstić information content (AvgIpc) is 2.90. The Bertz CT molecular complexity index is 850. The second-order valence-electron chi connectivity index (χ2n) is 9.79. The van der Waals surface area contributed by atoms with Crippen LogP contribution in [0.15, 0.2) is 0 Å². The average molecular weight is 565 g/mol. The van der Waals surface area contributed by atoms with Crippen LogP contribution in [-0.2, 0) is 24.0 Å². The summed E-state index contributed by atoms with van der Waals surface area (Å²) in [4.78, 5) is 58.7. The lowest BCUT2D eigenvalue weighted by atomic mass is 10.0. The zero-order valence-electron chi connectivity index (χ0n) is 23.8. The van der Waals surface area contributed by atoms with Gasteiger partial charge < -0.3 is 21.7 Å². The predicted molar refractivity (Wildman–Crippen MR) is 158 cm³/mol. The zero-order chi connectivity index (χ0) is 29.3. The number of unbranched alkanes of at least 4 members (excludes halogenated alkanes) is 13. The zero-order valence-corrected chi connectivity index (χ0v) is 24.6. The maximum absolute atomic E-state index is 12.3. The number of amides is 3. The fraction of sp³-hybridized carbons (Fsp3) is 0.724. The lowest BCUT2D eigenvalue weighted by molar-refractivity contribution is -0.126. The van der Waals surface area contributed by atoms with Crippen molar-refractivity contribution in [2.24, 2.45) is 11.7 Å². The number of hydrogen-bond donors (Lipinski definition) is 4. The molecule has 0 fully saturated rings. The Balaban J connectivity index is 4.05. The Morgan fingerprint density at radius 1 is 0.744 bits per heavy atom. The molecule has 0 aromatic carbocycles. The fourth-order valence-electron chi connectivity index (χ4n) is 3.88. The van der Waals surface area contributed by atoms with Gasteiger partial charge in [0, 0.05) is 18.9 Å². The van der Waals surface area contributed by atoms with E-state index in [4.69, 9.17) is 18.0 Å². The quantitative estimate of drug-likeness (QED) is 0.0683. The van der Waals surface area contributed by atoms with E-state index >= 15 is 0 Å². The largest absolute Gasteiger partial charge is 0.356 e. The van der Waals surface area contributed by atoms with Gasteiger partial charge in [0.2, 0.25) is 17.6 Å². The van der Waals surface area contributed by atoms with Crippen molar-refractivity contribution in [1.82, 2.24) is 16.0 Å². The third-order valence-electron chi connectivity index (χ3n) is 6.23. The van der Waals surface area contributed by atoms with Crippen molar-refractivity contribution in [2.45, 2.75) is 110 Å². The first kappa shape index (κ1) is 36.4. The molecule has 0 aromatic rings. The van der Waals surface area contributed by atoms with Gasteiger partial charge in [0.25, 0.3) is 0 Å². The number of carbonyl (C=O) groups excluding carboxylic acids is 5. The first-order valence-corrected chi connectivity index (χ1v) is 14.8. The molecule has 10 heteroatoms. The summed E-state index contributed by atoms with van der Waals surface area (Å²) in [7, 11) is 0. The van der Waals surface area contributed by atoms with Crippen molar-refractivity contribution in [3.63, 3.8) is 0 Å². The van der Waals surface area contributed by atoms with E-state index in [2.05, 4.69) is 34.7 Å². The molecule has 0 aromatic heterocycles. The molecule has 3 amide bonds. The third kappa shape index (κ3) is 21.9. The monoisotopic (exact) mass is 564 g/mol. The van der Waals surface area contributed by atoms with Gasteiger partial charge in [-0.15, -0.1) is 0 Å². The van der Waals surface area contributed by atoms with E-state index in [0.29, 0.717) is 6.54 Å². The minimum atomic E-state index is -0.971. The van der Waals surface area contributed by atoms with E-state index in [1.807, 2.05) is 0 Å². The van der Waals surface area contributed by atoms with Crippen LogP contribution < -0.4 is 21.7 Å². The summed E-state index contributed by atoms with van der Waals surface area (Å²) >= 11 is 5.12. The SMILES string of the molecule is CCCCCCCCCCCCCCCCNC(=O)CC(C(C)=O)C(=S)NC(=O)C#CC(=O)CNC(=O)CN. The van der Waals surface area contributed by atoms with Crippen molar-refractivity contribution in [1.29, 1.82) is 0 Å². The van der Waals surface area contributed by atoms with Crippen LogP contribution >= 0.6 is 12.2 Å². The summed E-state index contributed by atoms with van der Waals surface area (Å²) in [6, 6.07) is 0. The van der Waals surface area contributed by atoms with Crippen molar-refractivity contribution in [2.75, 3.05) is 19.6 Å². The molecule has 5 N–H and O–H groups in total. The maximum atomic E-state index is 12.3. The van der Waals surface area contributed by atoms with Crippen LogP contribution in [0.25, 0.3) is 0 Å². The molecule has 0 saturated heterocycles. The summed E-state index contributed by atoms with van der Waals surface area (Å²) in [5, 5.41) is 7.32. The normalized spacial score (nSPS) is 11.1. The van der Waals surface area contributed by atoms with Gasteiger partial charge in [-0.2, -0.15) is 0 Å². The summed E-state index contributed by atoms with van der Waals surface area (Å²) in [6.07, 6.45) is 17.4. The van der Waals surface area contributed by atoms with Crippen LogP contribution in [0.3, 0.4) is 0 Å². The highest BCUT2D eigenvalue weighted by Gasteiger charge is 2.24. The van der Waals surface area contributed by atoms with Crippen LogP contribution in [0.2, 0.25) is 0 Å². The van der Waals surface area contributed by atoms with Gasteiger partial charge in [0.15, 0.2) is 0 Å². The van der Waals surface area contributed by atoms with Crippen LogP contribution in [0, 0.1) is 17.8 Å². The van der Waals surface area contributed by atoms with Gasteiger partial charge >= 0.3 is 5.91 Å². The van der Waals surface area contributed by atoms with Crippen molar-refractivity contribution in [3.05, 3.63) is 0 Å². The number of rotatable bonds is 22. The number of carbonyl (C=O) groups is 5. The van der Waals surface area contributed by atoms with E-state index in [9.17, 15) is 24.0 Å². The van der Waals surface area contributed by atoms with Gasteiger partial charge in [0.1, 0.15) is 5.78 Å². The molecule has 0 aliphatic heterocycles. The summed E-state index contributed by atoms with van der Waals surface area (Å²) in [6.45, 7) is 3.41. The Hall–Kier alpha value is -2.64. The van der Waals surface area contributed by atoms with Gasteiger partial charge in [0.05, 0.1) is 24.0 Å². The molecule has 0 aliphatic rings. The molecule has 0 bridgehead atoms. The first-order valence-electron chi connectivity index (χ1n) is 14.3. The standard InChI is InChI=1S/C29H48N4O5S/c1-3-4-5-6-7-8-9-10-11-12-13-14-15-16-19-31-27(37)20-25(23(2)34)29(39)33-26(36)18-17-24(35)22-32-28(38)21-30/h25H,3-16,19-22,30H2,1-2H3,(H,31,37)(H,32,38)(H,33,36,39). The van der Waals surface area contributed by atoms with Gasteiger partial charge in [-0.05, 0) is 19.3 Å². The molecule has 0 aliphatic carbocycles. The van der Waals surface area contributed by atoms with E-state index in [1.165, 1.54) is 77.6 Å². The molecule has 0 radical (unpaired) electrons. The summed E-state index contributed by atoms with van der Waals surface area (Å²) in [5.41, 5.74) is 5.11.